The molecule has 0 radical (unpaired) electrons. The standard InChI is InChI=1S/C31H33ClN2O8S2/c1-5-15-34(20-8-10-21(40-4)11-9-20)44(38,39)22-12-14-25(32)24(17-22)30(36)42-18-27(35)33-29-28(31(37)41-6-2)23-13-7-19(3)16-26(23)43-29/h5,8-12,14,17,19H,1,6-7,13,15-16,18H2,2-4H3,(H,33,35)/t19-/m0/s1. The van der Waals surface area contributed by atoms with Crippen molar-refractivity contribution in [2.45, 2.75) is 38.0 Å². The lowest BCUT2D eigenvalue weighted by atomic mass is 9.88. The Labute approximate surface area is 265 Å². The van der Waals surface area contributed by atoms with E-state index in [1.807, 2.05) is 0 Å². The van der Waals surface area contributed by atoms with Gasteiger partial charge in [-0.3, -0.25) is 9.10 Å². The van der Waals surface area contributed by atoms with Gasteiger partial charge in [0.15, 0.2) is 6.61 Å². The molecule has 0 spiro atoms. The maximum absolute atomic E-state index is 13.6. The molecule has 0 bridgehead atoms. The lowest BCUT2D eigenvalue weighted by Gasteiger charge is -2.23. The summed E-state index contributed by atoms with van der Waals surface area (Å²) in [6.07, 6.45) is 3.84. The summed E-state index contributed by atoms with van der Waals surface area (Å²) in [4.78, 5) is 39.4. The number of anilines is 2. The lowest BCUT2D eigenvalue weighted by Crippen LogP contribution is -2.31. The van der Waals surface area contributed by atoms with Crippen molar-refractivity contribution in [2.75, 3.05) is 36.5 Å². The summed E-state index contributed by atoms with van der Waals surface area (Å²) in [5.41, 5.74) is 1.33. The van der Waals surface area contributed by atoms with Crippen molar-refractivity contribution < 1.29 is 37.0 Å². The lowest BCUT2D eigenvalue weighted by molar-refractivity contribution is -0.119. The van der Waals surface area contributed by atoms with Gasteiger partial charge in [-0.15, -0.1) is 17.9 Å². The highest BCUT2D eigenvalue weighted by Crippen LogP contribution is 2.40. The summed E-state index contributed by atoms with van der Waals surface area (Å²) in [7, 11) is -2.67. The topological polar surface area (TPSA) is 128 Å². The van der Waals surface area contributed by atoms with E-state index in [0.717, 1.165) is 33.7 Å². The normalized spacial score (nSPS) is 14.2. The van der Waals surface area contributed by atoms with Gasteiger partial charge in [0.2, 0.25) is 0 Å². The molecule has 13 heteroatoms. The van der Waals surface area contributed by atoms with Gasteiger partial charge in [0.05, 0.1) is 47.0 Å². The monoisotopic (exact) mass is 660 g/mol. The molecule has 44 heavy (non-hydrogen) atoms. The number of nitrogens with one attached hydrogen (secondary N) is 1. The van der Waals surface area contributed by atoms with E-state index >= 15 is 0 Å². The molecule has 1 heterocycles. The minimum atomic E-state index is -4.17. The van der Waals surface area contributed by atoms with Crippen LogP contribution >= 0.6 is 22.9 Å². The van der Waals surface area contributed by atoms with Crippen LogP contribution in [-0.2, 0) is 37.1 Å². The third-order valence-electron chi connectivity index (χ3n) is 6.98. The predicted molar refractivity (Wildman–Crippen MR) is 170 cm³/mol. The van der Waals surface area contributed by atoms with Crippen LogP contribution in [0.15, 0.2) is 60.0 Å². The molecule has 1 N–H and O–H groups in total. The molecule has 0 saturated carbocycles. The number of hydrogen-bond acceptors (Lipinski definition) is 9. The molecule has 0 unspecified atom stereocenters. The zero-order chi connectivity index (χ0) is 32.0. The number of esters is 2. The number of hydrogen-bond donors (Lipinski definition) is 1. The van der Waals surface area contributed by atoms with Crippen LogP contribution in [0.25, 0.3) is 0 Å². The van der Waals surface area contributed by atoms with Crippen molar-refractivity contribution in [2.24, 2.45) is 5.92 Å². The molecule has 1 aliphatic rings. The number of amides is 1. The Morgan fingerprint density at radius 2 is 1.86 bits per heavy atom. The Kier molecular flexibility index (Phi) is 10.7. The van der Waals surface area contributed by atoms with Crippen LogP contribution in [0.2, 0.25) is 5.02 Å². The molecule has 10 nitrogen and oxygen atoms in total. The smallest absolute Gasteiger partial charge is 0.341 e. The van der Waals surface area contributed by atoms with Crippen LogP contribution in [0.5, 0.6) is 5.75 Å². The summed E-state index contributed by atoms with van der Waals surface area (Å²) in [6, 6.07) is 10.1. The molecule has 1 aliphatic carbocycles. The van der Waals surface area contributed by atoms with Crippen LogP contribution in [0.3, 0.4) is 0 Å². The first-order valence-corrected chi connectivity index (χ1v) is 16.5. The van der Waals surface area contributed by atoms with Crippen molar-refractivity contribution >= 4 is 61.5 Å². The van der Waals surface area contributed by atoms with Gasteiger partial charge < -0.3 is 19.5 Å². The second-order valence-corrected chi connectivity index (χ2v) is 13.4. The molecule has 2 aromatic carbocycles. The fourth-order valence-corrected chi connectivity index (χ4v) is 7.86. The third-order valence-corrected chi connectivity index (χ3v) is 10.3. The van der Waals surface area contributed by atoms with Gasteiger partial charge in [-0.2, -0.15) is 0 Å². The van der Waals surface area contributed by atoms with E-state index in [1.54, 1.807) is 31.2 Å². The van der Waals surface area contributed by atoms with Crippen LogP contribution < -0.4 is 14.4 Å². The molecule has 0 aliphatic heterocycles. The Balaban J connectivity index is 1.51. The van der Waals surface area contributed by atoms with Gasteiger partial charge in [0, 0.05) is 4.88 Å². The van der Waals surface area contributed by atoms with E-state index in [2.05, 4.69) is 18.8 Å². The van der Waals surface area contributed by atoms with Crippen LogP contribution in [-0.4, -0.2) is 53.1 Å². The minimum absolute atomic E-state index is 0.0455. The van der Waals surface area contributed by atoms with Gasteiger partial charge in [0.25, 0.3) is 15.9 Å². The number of halogens is 1. The number of methoxy groups -OCH3 is 1. The molecule has 0 fully saturated rings. The van der Waals surface area contributed by atoms with Crippen molar-refractivity contribution in [1.29, 1.82) is 0 Å². The van der Waals surface area contributed by atoms with Crippen LogP contribution in [0.1, 0.15) is 51.4 Å². The highest BCUT2D eigenvalue weighted by Gasteiger charge is 2.30. The maximum atomic E-state index is 13.6. The highest BCUT2D eigenvalue weighted by atomic mass is 35.5. The first kappa shape index (κ1) is 33.0. The molecule has 4 rings (SSSR count). The summed E-state index contributed by atoms with van der Waals surface area (Å²) >= 11 is 7.56. The number of nitrogens with zero attached hydrogens (tertiary/aromatic N) is 1. The van der Waals surface area contributed by atoms with Gasteiger partial charge in [-0.1, -0.05) is 24.6 Å². The first-order chi connectivity index (χ1) is 21.0. The molecule has 3 aromatic rings. The zero-order valence-electron chi connectivity index (χ0n) is 24.6. The molecular weight excluding hydrogens is 628 g/mol. The van der Waals surface area contributed by atoms with E-state index in [0.29, 0.717) is 34.3 Å². The highest BCUT2D eigenvalue weighted by molar-refractivity contribution is 7.92. The fraction of sp³-hybridized carbons (Fsp3) is 0.323. The summed E-state index contributed by atoms with van der Waals surface area (Å²) in [6.45, 7) is 6.94. The summed E-state index contributed by atoms with van der Waals surface area (Å²) in [5.74, 6) is -1.18. The summed E-state index contributed by atoms with van der Waals surface area (Å²) in [5, 5.41) is 2.97. The quantitative estimate of drug-likeness (QED) is 0.188. The van der Waals surface area contributed by atoms with Crippen molar-refractivity contribution in [3.8, 4) is 5.75 Å². The number of thiophene rings is 1. The number of fused-ring (bicyclic) bond motifs is 1. The SMILES string of the molecule is C=CCN(c1ccc(OC)cc1)S(=O)(=O)c1ccc(Cl)c(C(=O)OCC(=O)Nc2sc3c(c2C(=O)OCC)CC[C@H](C)C3)c1. The number of carbonyl (C=O) groups excluding carboxylic acids is 3. The van der Waals surface area contributed by atoms with Gasteiger partial charge in [0.1, 0.15) is 10.8 Å². The largest absolute Gasteiger partial charge is 0.497 e. The molecule has 0 saturated heterocycles. The molecule has 1 amide bonds. The van der Waals surface area contributed by atoms with E-state index in [1.165, 1.54) is 36.7 Å². The first-order valence-electron chi connectivity index (χ1n) is 13.9. The molecule has 1 atom stereocenters. The van der Waals surface area contributed by atoms with Crippen LogP contribution in [0, 0.1) is 5.92 Å². The maximum Gasteiger partial charge on any atom is 0.341 e. The number of rotatable bonds is 12. The number of benzene rings is 2. The average molecular weight is 661 g/mol. The van der Waals surface area contributed by atoms with Gasteiger partial charge in [-0.05, 0) is 80.1 Å². The van der Waals surface area contributed by atoms with E-state index < -0.39 is 34.5 Å². The molecule has 1 aromatic heterocycles. The summed E-state index contributed by atoms with van der Waals surface area (Å²) < 4.78 is 44.0. The van der Waals surface area contributed by atoms with Gasteiger partial charge in [-0.25, -0.2) is 18.0 Å². The minimum Gasteiger partial charge on any atom is -0.497 e. The molecule has 234 valence electrons. The third kappa shape index (κ3) is 7.25. The van der Waals surface area contributed by atoms with Crippen LogP contribution in [0.4, 0.5) is 10.7 Å². The van der Waals surface area contributed by atoms with E-state index in [9.17, 15) is 22.8 Å². The molecular formula is C31H33ClN2O8S2. The number of carbonyl (C=O) groups is 3. The average Bonchev–Trinajstić information content (AvgIpc) is 3.35. The zero-order valence-corrected chi connectivity index (χ0v) is 26.9. The second-order valence-electron chi connectivity index (χ2n) is 10.1. The number of sulfonamides is 1. The van der Waals surface area contributed by atoms with E-state index in [-0.39, 0.29) is 28.6 Å². The number of ether oxygens (including phenoxy) is 3. The predicted octanol–water partition coefficient (Wildman–Crippen LogP) is 5.89. The Morgan fingerprint density at radius 3 is 2.52 bits per heavy atom. The second kappa shape index (κ2) is 14.3. The van der Waals surface area contributed by atoms with Crippen molar-refractivity contribution in [1.82, 2.24) is 0 Å². The van der Waals surface area contributed by atoms with E-state index in [4.69, 9.17) is 25.8 Å². The Bertz CT molecular complexity index is 1670. The Morgan fingerprint density at radius 1 is 1.14 bits per heavy atom. The van der Waals surface area contributed by atoms with Crippen molar-refractivity contribution in [3.05, 3.63) is 81.7 Å². The van der Waals surface area contributed by atoms with Crippen molar-refractivity contribution in [3.63, 3.8) is 0 Å². The fourth-order valence-electron chi connectivity index (χ4n) is 4.79. The Hall–Kier alpha value is -3.87. The van der Waals surface area contributed by atoms with Gasteiger partial charge >= 0.3 is 11.9 Å².